The second-order valence-corrected chi connectivity index (χ2v) is 7.49. The molecule has 8 heteroatoms. The van der Waals surface area contributed by atoms with Crippen LogP contribution in [0.25, 0.3) is 0 Å². The third kappa shape index (κ3) is 3.04. The molecule has 1 spiro atoms. The van der Waals surface area contributed by atoms with Crippen molar-refractivity contribution in [2.24, 2.45) is 0 Å². The van der Waals surface area contributed by atoms with Crippen LogP contribution in [0.15, 0.2) is 18.2 Å². The Hall–Kier alpha value is -2.64. The number of hydrogen-bond acceptors (Lipinski definition) is 5. The Morgan fingerprint density at radius 3 is 2.52 bits per heavy atom. The lowest BCUT2D eigenvalue weighted by Gasteiger charge is -2.38. The lowest BCUT2D eigenvalue weighted by Crippen LogP contribution is -2.49. The molecule has 2 amide bonds. The smallest absolute Gasteiger partial charge is 0.410 e. The van der Waals surface area contributed by atoms with Gasteiger partial charge >= 0.3 is 6.09 Å². The maximum Gasteiger partial charge on any atom is 0.410 e. The number of ether oxygens (including phenoxy) is 1. The van der Waals surface area contributed by atoms with Crippen molar-refractivity contribution >= 4 is 23.4 Å². The molecule has 0 atom stereocenters. The average molecular weight is 347 g/mol. The number of rotatable bonds is 1. The molecule has 0 saturated carbocycles. The van der Waals surface area contributed by atoms with Crippen molar-refractivity contribution in [3.05, 3.63) is 33.9 Å². The van der Waals surface area contributed by atoms with Gasteiger partial charge in [0.15, 0.2) is 0 Å². The fourth-order valence-electron chi connectivity index (χ4n) is 3.41. The Morgan fingerprint density at radius 2 is 1.96 bits per heavy atom. The van der Waals surface area contributed by atoms with Crippen LogP contribution in [0.4, 0.5) is 16.2 Å². The number of amides is 2. The number of anilines is 1. The lowest BCUT2D eigenvalue weighted by molar-refractivity contribution is -0.384. The summed E-state index contributed by atoms with van der Waals surface area (Å²) in [5, 5.41) is 13.9. The van der Waals surface area contributed by atoms with Gasteiger partial charge in [-0.3, -0.25) is 14.9 Å². The molecular formula is C17H21N3O5. The van der Waals surface area contributed by atoms with Gasteiger partial charge in [0.2, 0.25) is 5.91 Å². The summed E-state index contributed by atoms with van der Waals surface area (Å²) in [6, 6.07) is 4.42. The van der Waals surface area contributed by atoms with Gasteiger partial charge in [-0.05, 0) is 45.2 Å². The number of nitro benzene ring substituents is 1. The van der Waals surface area contributed by atoms with Crippen LogP contribution in [-0.4, -0.2) is 40.5 Å². The maximum absolute atomic E-state index is 12.6. The van der Waals surface area contributed by atoms with Gasteiger partial charge in [-0.1, -0.05) is 0 Å². The molecule has 1 aromatic carbocycles. The number of hydrogen-bond donors (Lipinski definition) is 1. The van der Waals surface area contributed by atoms with Gasteiger partial charge in [0.1, 0.15) is 5.60 Å². The normalized spacial score (nSPS) is 18.7. The SMILES string of the molecule is CC(C)(C)OC(=O)N1CCC2(CC1)C(=O)Nc1ccc([N+](=O)[O-])cc12. The predicted octanol–water partition coefficient (Wildman–Crippen LogP) is 2.82. The van der Waals surface area contributed by atoms with E-state index in [0.29, 0.717) is 37.2 Å². The molecule has 0 bridgehead atoms. The number of piperidine rings is 1. The first kappa shape index (κ1) is 17.2. The number of nitro groups is 1. The monoisotopic (exact) mass is 347 g/mol. The van der Waals surface area contributed by atoms with Crippen LogP contribution in [0.2, 0.25) is 0 Å². The summed E-state index contributed by atoms with van der Waals surface area (Å²) in [5.41, 5.74) is -0.176. The van der Waals surface area contributed by atoms with Crippen LogP contribution in [-0.2, 0) is 14.9 Å². The van der Waals surface area contributed by atoms with Crippen molar-refractivity contribution in [2.75, 3.05) is 18.4 Å². The molecule has 1 saturated heterocycles. The van der Waals surface area contributed by atoms with Gasteiger partial charge < -0.3 is 15.0 Å². The molecule has 2 aliphatic rings. The Labute approximate surface area is 145 Å². The van der Waals surface area contributed by atoms with Crippen LogP contribution >= 0.6 is 0 Å². The molecule has 1 aromatic rings. The molecule has 1 N–H and O–H groups in total. The minimum Gasteiger partial charge on any atom is -0.444 e. The van der Waals surface area contributed by atoms with Crippen molar-refractivity contribution in [1.29, 1.82) is 0 Å². The summed E-state index contributed by atoms with van der Waals surface area (Å²) < 4.78 is 5.37. The Balaban J connectivity index is 1.82. The van der Waals surface area contributed by atoms with Crippen molar-refractivity contribution in [3.8, 4) is 0 Å². The van der Waals surface area contributed by atoms with E-state index in [1.807, 2.05) is 0 Å². The van der Waals surface area contributed by atoms with Gasteiger partial charge in [0.25, 0.3) is 5.69 Å². The second kappa shape index (κ2) is 5.72. The van der Waals surface area contributed by atoms with Gasteiger partial charge in [-0.25, -0.2) is 4.79 Å². The molecule has 0 aliphatic carbocycles. The molecule has 25 heavy (non-hydrogen) atoms. The number of nitrogens with zero attached hydrogens (tertiary/aromatic N) is 2. The highest BCUT2D eigenvalue weighted by Crippen LogP contribution is 2.46. The molecule has 2 aliphatic heterocycles. The molecular weight excluding hydrogens is 326 g/mol. The molecule has 8 nitrogen and oxygen atoms in total. The van der Waals surface area contributed by atoms with Crippen LogP contribution < -0.4 is 5.32 Å². The maximum atomic E-state index is 12.6. The number of nitrogens with one attached hydrogen (secondary N) is 1. The highest BCUT2D eigenvalue weighted by Gasteiger charge is 2.49. The molecule has 0 unspecified atom stereocenters. The number of carbonyl (C=O) groups excluding carboxylic acids is 2. The topological polar surface area (TPSA) is 102 Å². The van der Waals surface area contributed by atoms with E-state index in [4.69, 9.17) is 4.74 Å². The van der Waals surface area contributed by atoms with Gasteiger partial charge in [-0.2, -0.15) is 0 Å². The van der Waals surface area contributed by atoms with E-state index in [1.165, 1.54) is 12.1 Å². The zero-order chi connectivity index (χ0) is 18.4. The Kier molecular flexibility index (Phi) is 3.93. The minimum absolute atomic E-state index is 0.0378. The molecule has 1 fully saturated rings. The van der Waals surface area contributed by atoms with E-state index in [2.05, 4.69) is 5.32 Å². The first-order valence-electron chi connectivity index (χ1n) is 8.21. The third-order valence-electron chi connectivity index (χ3n) is 4.68. The summed E-state index contributed by atoms with van der Waals surface area (Å²) >= 11 is 0. The van der Waals surface area contributed by atoms with Gasteiger partial charge in [0.05, 0.1) is 10.3 Å². The molecule has 0 radical (unpaired) electrons. The highest BCUT2D eigenvalue weighted by molar-refractivity contribution is 6.06. The number of fused-ring (bicyclic) bond motifs is 2. The van der Waals surface area contributed by atoms with Crippen LogP contribution in [0.3, 0.4) is 0 Å². The number of likely N-dealkylation sites (tertiary alicyclic amines) is 1. The van der Waals surface area contributed by atoms with E-state index in [9.17, 15) is 19.7 Å². The van der Waals surface area contributed by atoms with Gasteiger partial charge in [-0.15, -0.1) is 0 Å². The second-order valence-electron chi connectivity index (χ2n) is 7.49. The van der Waals surface area contributed by atoms with Crippen LogP contribution in [0.1, 0.15) is 39.2 Å². The number of carbonyl (C=O) groups is 2. The van der Waals surface area contributed by atoms with E-state index in [1.54, 1.807) is 31.7 Å². The van der Waals surface area contributed by atoms with E-state index in [0.717, 1.165) is 0 Å². The Bertz CT molecular complexity index is 745. The minimum atomic E-state index is -0.820. The quantitative estimate of drug-likeness (QED) is 0.622. The van der Waals surface area contributed by atoms with Crippen molar-refractivity contribution in [1.82, 2.24) is 4.90 Å². The van der Waals surface area contributed by atoms with Crippen LogP contribution in [0.5, 0.6) is 0 Å². The van der Waals surface area contributed by atoms with Crippen molar-refractivity contribution < 1.29 is 19.2 Å². The van der Waals surface area contributed by atoms with E-state index in [-0.39, 0.29) is 11.6 Å². The number of benzene rings is 1. The summed E-state index contributed by atoms with van der Waals surface area (Å²) in [6.45, 7) is 6.14. The summed E-state index contributed by atoms with van der Waals surface area (Å²) in [4.78, 5) is 37.0. The first-order chi connectivity index (χ1) is 11.6. The summed E-state index contributed by atoms with van der Waals surface area (Å²) in [5.74, 6) is -0.160. The van der Waals surface area contributed by atoms with Crippen molar-refractivity contribution in [2.45, 2.75) is 44.6 Å². The zero-order valence-corrected chi connectivity index (χ0v) is 14.5. The van der Waals surface area contributed by atoms with E-state index >= 15 is 0 Å². The summed E-state index contributed by atoms with van der Waals surface area (Å²) in [7, 11) is 0. The predicted molar refractivity (Wildman–Crippen MR) is 90.4 cm³/mol. The Morgan fingerprint density at radius 1 is 1.32 bits per heavy atom. The molecule has 3 rings (SSSR count). The zero-order valence-electron chi connectivity index (χ0n) is 14.5. The fourth-order valence-corrected chi connectivity index (χ4v) is 3.41. The average Bonchev–Trinajstić information content (AvgIpc) is 2.78. The molecule has 2 heterocycles. The highest BCUT2D eigenvalue weighted by atomic mass is 16.6. The number of non-ortho nitro benzene ring substituents is 1. The third-order valence-corrected chi connectivity index (χ3v) is 4.68. The summed E-state index contributed by atoms with van der Waals surface area (Å²) in [6.07, 6.45) is 0.415. The molecule has 0 aromatic heterocycles. The van der Waals surface area contributed by atoms with Crippen LogP contribution in [0, 0.1) is 10.1 Å². The fraction of sp³-hybridized carbons (Fsp3) is 0.529. The largest absolute Gasteiger partial charge is 0.444 e. The first-order valence-corrected chi connectivity index (χ1v) is 8.21. The standard InChI is InChI=1S/C17H21N3O5/c1-16(2,3)25-15(22)19-8-6-17(7-9-19)12-10-11(20(23)24)4-5-13(12)18-14(17)21/h4-5,10H,6-9H2,1-3H3,(H,18,21). The van der Waals surface area contributed by atoms with E-state index < -0.39 is 22.0 Å². The lowest BCUT2D eigenvalue weighted by atomic mass is 9.73. The molecule has 134 valence electrons. The van der Waals surface area contributed by atoms with Crippen molar-refractivity contribution in [3.63, 3.8) is 0 Å². The van der Waals surface area contributed by atoms with Gasteiger partial charge in [0, 0.05) is 30.9 Å².